The molecule has 0 amide bonds. The number of sulfone groups is 1. The minimum Gasteiger partial charge on any atom is -0.396 e. The molecule has 0 spiro atoms. The Morgan fingerprint density at radius 3 is 2.47 bits per heavy atom. The molecule has 0 saturated carbocycles. The molecule has 2 aromatic carbocycles. The molecule has 0 aliphatic heterocycles. The van der Waals surface area contributed by atoms with Crippen LogP contribution < -0.4 is 0 Å². The molecule has 3 nitrogen and oxygen atoms in total. The highest BCUT2D eigenvalue weighted by molar-refractivity contribution is 7.91. The molecule has 0 aliphatic rings. The molecule has 1 unspecified atom stereocenters. The maximum absolute atomic E-state index is 12.3. The summed E-state index contributed by atoms with van der Waals surface area (Å²) in [6.07, 6.45) is 0.507. The quantitative estimate of drug-likeness (QED) is 0.914. The van der Waals surface area contributed by atoms with Crippen molar-refractivity contribution < 1.29 is 13.5 Å². The minimum absolute atomic E-state index is 0.0222. The molecule has 19 heavy (non-hydrogen) atoms. The first-order valence-electron chi connectivity index (χ1n) is 6.35. The standard InChI is InChI=1S/C15H18O3S/c1-12(8-9-16)11-19(17,18)15-7-6-13-4-2-3-5-14(13)10-15/h2-7,10,12,16H,8-9,11H2,1H3. The lowest BCUT2D eigenvalue weighted by atomic mass is 10.1. The van der Waals surface area contributed by atoms with Crippen LogP contribution in [0.25, 0.3) is 10.8 Å². The summed E-state index contributed by atoms with van der Waals surface area (Å²) in [5, 5.41) is 10.8. The van der Waals surface area contributed by atoms with Gasteiger partial charge in [0.15, 0.2) is 9.84 Å². The number of fused-ring (bicyclic) bond motifs is 1. The Labute approximate surface area is 113 Å². The highest BCUT2D eigenvalue weighted by Gasteiger charge is 2.18. The summed E-state index contributed by atoms with van der Waals surface area (Å²) < 4.78 is 24.6. The highest BCUT2D eigenvalue weighted by atomic mass is 32.2. The average molecular weight is 278 g/mol. The molecule has 0 radical (unpaired) electrons. The van der Waals surface area contributed by atoms with Crippen molar-refractivity contribution in [3.63, 3.8) is 0 Å². The Morgan fingerprint density at radius 2 is 1.79 bits per heavy atom. The molecule has 2 aromatic rings. The molecule has 0 aliphatic carbocycles. The van der Waals surface area contributed by atoms with Gasteiger partial charge in [-0.1, -0.05) is 37.3 Å². The van der Waals surface area contributed by atoms with Crippen molar-refractivity contribution in [2.45, 2.75) is 18.2 Å². The minimum atomic E-state index is -3.28. The summed E-state index contributed by atoms with van der Waals surface area (Å²) in [7, 11) is -3.28. The molecule has 1 atom stereocenters. The molecule has 102 valence electrons. The van der Waals surface area contributed by atoms with Gasteiger partial charge in [-0.2, -0.15) is 0 Å². The fraction of sp³-hybridized carbons (Fsp3) is 0.333. The van der Waals surface area contributed by atoms with Crippen LogP contribution in [0.3, 0.4) is 0 Å². The molecule has 0 heterocycles. The van der Waals surface area contributed by atoms with Crippen molar-refractivity contribution in [2.75, 3.05) is 12.4 Å². The van der Waals surface area contributed by atoms with Crippen LogP contribution in [0.1, 0.15) is 13.3 Å². The lowest BCUT2D eigenvalue weighted by molar-refractivity contribution is 0.268. The van der Waals surface area contributed by atoms with E-state index in [9.17, 15) is 8.42 Å². The zero-order valence-electron chi connectivity index (χ0n) is 10.9. The molecule has 0 fully saturated rings. The van der Waals surface area contributed by atoms with Gasteiger partial charge in [0.25, 0.3) is 0 Å². The number of hydrogen-bond donors (Lipinski definition) is 1. The summed E-state index contributed by atoms with van der Waals surface area (Å²) >= 11 is 0. The SMILES string of the molecule is CC(CCO)CS(=O)(=O)c1ccc2ccccc2c1. The molecule has 2 rings (SSSR count). The van der Waals surface area contributed by atoms with Gasteiger partial charge in [-0.15, -0.1) is 0 Å². The maximum atomic E-state index is 12.3. The summed E-state index contributed by atoms with van der Waals surface area (Å²) in [5.74, 6) is 0.0350. The maximum Gasteiger partial charge on any atom is 0.178 e. The van der Waals surface area contributed by atoms with Crippen LogP contribution in [-0.4, -0.2) is 25.9 Å². The predicted molar refractivity (Wildman–Crippen MR) is 76.9 cm³/mol. The second kappa shape index (κ2) is 5.72. The fourth-order valence-corrected chi connectivity index (χ4v) is 3.83. The van der Waals surface area contributed by atoms with Gasteiger partial charge in [0, 0.05) is 6.61 Å². The molecular weight excluding hydrogens is 260 g/mol. The molecule has 4 heteroatoms. The summed E-state index contributed by atoms with van der Waals surface area (Å²) in [5.41, 5.74) is 0. The molecule has 0 bridgehead atoms. The van der Waals surface area contributed by atoms with E-state index in [0.717, 1.165) is 10.8 Å². The van der Waals surface area contributed by atoms with Crippen LogP contribution >= 0.6 is 0 Å². The van der Waals surface area contributed by atoms with Crippen LogP contribution in [-0.2, 0) is 9.84 Å². The largest absolute Gasteiger partial charge is 0.396 e. The zero-order valence-corrected chi connectivity index (χ0v) is 11.7. The number of hydrogen-bond acceptors (Lipinski definition) is 3. The first kappa shape index (κ1) is 14.0. The first-order valence-corrected chi connectivity index (χ1v) is 8.00. The van der Waals surface area contributed by atoms with Crippen molar-refractivity contribution >= 4 is 20.6 Å². The van der Waals surface area contributed by atoms with Gasteiger partial charge in [-0.05, 0) is 35.2 Å². The number of benzene rings is 2. The first-order chi connectivity index (χ1) is 9.03. The Bertz CT molecular complexity index is 662. The van der Waals surface area contributed by atoms with E-state index in [1.807, 2.05) is 37.3 Å². The summed E-state index contributed by atoms with van der Waals surface area (Å²) in [4.78, 5) is 0.357. The highest BCUT2D eigenvalue weighted by Crippen LogP contribution is 2.21. The fourth-order valence-electron chi connectivity index (χ4n) is 2.14. The third-order valence-electron chi connectivity index (χ3n) is 3.21. The van der Waals surface area contributed by atoms with Gasteiger partial charge in [-0.3, -0.25) is 0 Å². The molecule has 1 N–H and O–H groups in total. The Hall–Kier alpha value is -1.39. The molecule has 0 aromatic heterocycles. The topological polar surface area (TPSA) is 54.4 Å². The van der Waals surface area contributed by atoms with E-state index in [1.165, 1.54) is 0 Å². The number of aliphatic hydroxyl groups is 1. The van der Waals surface area contributed by atoms with Crippen molar-refractivity contribution in [3.05, 3.63) is 42.5 Å². The normalized spacial score (nSPS) is 13.6. The van der Waals surface area contributed by atoms with Crippen molar-refractivity contribution in [1.82, 2.24) is 0 Å². The van der Waals surface area contributed by atoms with E-state index in [0.29, 0.717) is 11.3 Å². The Kier molecular flexibility index (Phi) is 4.22. The van der Waals surface area contributed by atoms with Gasteiger partial charge >= 0.3 is 0 Å². The van der Waals surface area contributed by atoms with Gasteiger partial charge in [0.2, 0.25) is 0 Å². The third-order valence-corrected chi connectivity index (χ3v) is 5.19. The van der Waals surface area contributed by atoms with E-state index in [-0.39, 0.29) is 18.3 Å². The third kappa shape index (κ3) is 3.33. The smallest absolute Gasteiger partial charge is 0.178 e. The average Bonchev–Trinajstić information content (AvgIpc) is 2.37. The Balaban J connectivity index is 2.32. The van der Waals surface area contributed by atoms with Gasteiger partial charge in [-0.25, -0.2) is 8.42 Å². The van der Waals surface area contributed by atoms with E-state index in [4.69, 9.17) is 5.11 Å². The second-order valence-corrected chi connectivity index (χ2v) is 6.94. The van der Waals surface area contributed by atoms with Gasteiger partial charge in [0.1, 0.15) is 0 Å². The van der Waals surface area contributed by atoms with E-state index in [2.05, 4.69) is 0 Å². The van der Waals surface area contributed by atoms with Crippen molar-refractivity contribution in [3.8, 4) is 0 Å². The number of aliphatic hydroxyl groups excluding tert-OH is 1. The zero-order chi connectivity index (χ0) is 13.9. The van der Waals surface area contributed by atoms with E-state index in [1.54, 1.807) is 12.1 Å². The van der Waals surface area contributed by atoms with Crippen LogP contribution in [0.5, 0.6) is 0 Å². The number of rotatable bonds is 5. The molecule has 0 saturated heterocycles. The van der Waals surface area contributed by atoms with Gasteiger partial charge < -0.3 is 5.11 Å². The van der Waals surface area contributed by atoms with E-state index >= 15 is 0 Å². The van der Waals surface area contributed by atoms with Gasteiger partial charge in [0.05, 0.1) is 10.6 Å². The summed E-state index contributed by atoms with van der Waals surface area (Å²) in [6, 6.07) is 12.9. The lowest BCUT2D eigenvalue weighted by Crippen LogP contribution is -2.15. The van der Waals surface area contributed by atoms with Crippen LogP contribution in [0.4, 0.5) is 0 Å². The second-order valence-electron chi connectivity index (χ2n) is 4.91. The molecular formula is C15H18O3S. The van der Waals surface area contributed by atoms with Crippen LogP contribution in [0.15, 0.2) is 47.4 Å². The van der Waals surface area contributed by atoms with Crippen molar-refractivity contribution in [1.29, 1.82) is 0 Å². The van der Waals surface area contributed by atoms with E-state index < -0.39 is 9.84 Å². The Morgan fingerprint density at radius 1 is 1.11 bits per heavy atom. The predicted octanol–water partition coefficient (Wildman–Crippen LogP) is 2.63. The lowest BCUT2D eigenvalue weighted by Gasteiger charge is -2.11. The van der Waals surface area contributed by atoms with Crippen LogP contribution in [0, 0.1) is 5.92 Å². The summed E-state index contributed by atoms with van der Waals surface area (Å²) in [6.45, 7) is 1.86. The van der Waals surface area contributed by atoms with Crippen molar-refractivity contribution in [2.24, 2.45) is 5.92 Å². The van der Waals surface area contributed by atoms with Crippen LogP contribution in [0.2, 0.25) is 0 Å². The monoisotopic (exact) mass is 278 g/mol.